The van der Waals surface area contributed by atoms with Gasteiger partial charge in [-0.2, -0.15) is 0 Å². The molecule has 0 spiro atoms. The van der Waals surface area contributed by atoms with Crippen molar-refractivity contribution >= 4 is 54.6 Å². The molecule has 3 heterocycles. The summed E-state index contributed by atoms with van der Waals surface area (Å²) >= 11 is 0. The van der Waals surface area contributed by atoms with Crippen LogP contribution in [0, 0.1) is 13.8 Å². The molecule has 3 aromatic heterocycles. The molecule has 0 radical (unpaired) electrons. The molecule has 8 aromatic carbocycles. The molecule has 0 bridgehead atoms. The predicted octanol–water partition coefficient (Wildman–Crippen LogP) is 13.2. The largest absolute Gasteiger partial charge is 0.309 e. The molecular weight excluding hydrogens is 669 g/mol. The summed E-state index contributed by atoms with van der Waals surface area (Å²) in [5.41, 5.74) is 16.3. The molecular formula is C51H36N4. The van der Waals surface area contributed by atoms with Gasteiger partial charge >= 0.3 is 0 Å². The molecule has 0 saturated carbocycles. The van der Waals surface area contributed by atoms with E-state index in [0.717, 1.165) is 39.5 Å². The Morgan fingerprint density at radius 2 is 0.836 bits per heavy atom. The Hall–Kier alpha value is -7.17. The number of rotatable bonds is 5. The van der Waals surface area contributed by atoms with Crippen LogP contribution in [-0.4, -0.2) is 18.7 Å². The van der Waals surface area contributed by atoms with Crippen molar-refractivity contribution in [3.05, 3.63) is 193 Å². The van der Waals surface area contributed by atoms with Crippen molar-refractivity contribution in [3.8, 4) is 39.6 Å². The van der Waals surface area contributed by atoms with Gasteiger partial charge in [-0.25, -0.2) is 4.98 Å². The lowest BCUT2D eigenvalue weighted by Gasteiger charge is -2.15. The van der Waals surface area contributed by atoms with Gasteiger partial charge in [-0.05, 0) is 121 Å². The molecule has 0 aliphatic rings. The van der Waals surface area contributed by atoms with Crippen LogP contribution in [0.3, 0.4) is 0 Å². The number of benzene rings is 8. The maximum atomic E-state index is 5.20. The minimum Gasteiger partial charge on any atom is -0.309 e. The molecule has 11 aromatic rings. The number of nitrogens with zero attached hydrogens (tertiary/aromatic N) is 4. The molecule has 260 valence electrons. The van der Waals surface area contributed by atoms with Crippen LogP contribution >= 0.6 is 0 Å². The maximum absolute atomic E-state index is 5.20. The fourth-order valence-corrected chi connectivity index (χ4v) is 8.79. The SMILES string of the molecule is Cc1cc(-c2nc3ccccc3n2-c2ccccc2)c(C)cc1-c1ccc2c(c1)c1cc(-n3c4ccccc4c4ccccc43)ccc1n2-c1ccccc1. The Labute approximate surface area is 318 Å². The van der Waals surface area contributed by atoms with Crippen LogP contribution in [0.25, 0.3) is 94.2 Å². The maximum Gasteiger partial charge on any atom is 0.146 e. The fraction of sp³-hybridized carbons (Fsp3) is 0.0392. The van der Waals surface area contributed by atoms with Crippen molar-refractivity contribution < 1.29 is 0 Å². The first kappa shape index (κ1) is 31.4. The average molecular weight is 705 g/mol. The molecule has 11 rings (SSSR count). The predicted molar refractivity (Wildman–Crippen MR) is 230 cm³/mol. The first-order chi connectivity index (χ1) is 27.1. The first-order valence-electron chi connectivity index (χ1n) is 18.9. The van der Waals surface area contributed by atoms with E-state index >= 15 is 0 Å². The van der Waals surface area contributed by atoms with Crippen molar-refractivity contribution in [2.45, 2.75) is 13.8 Å². The summed E-state index contributed by atoms with van der Waals surface area (Å²) in [6, 6.07) is 65.7. The fourth-order valence-electron chi connectivity index (χ4n) is 8.79. The molecule has 0 amide bonds. The molecule has 0 aliphatic carbocycles. The number of para-hydroxylation sites is 6. The van der Waals surface area contributed by atoms with E-state index in [1.807, 2.05) is 0 Å². The van der Waals surface area contributed by atoms with Crippen LogP contribution in [0.15, 0.2) is 182 Å². The molecule has 0 aliphatic heterocycles. The highest BCUT2D eigenvalue weighted by atomic mass is 15.1. The summed E-state index contributed by atoms with van der Waals surface area (Å²) in [4.78, 5) is 5.20. The number of hydrogen-bond acceptors (Lipinski definition) is 1. The minimum absolute atomic E-state index is 0.957. The first-order valence-corrected chi connectivity index (χ1v) is 18.9. The van der Waals surface area contributed by atoms with Gasteiger partial charge < -0.3 is 9.13 Å². The van der Waals surface area contributed by atoms with Gasteiger partial charge in [0.25, 0.3) is 0 Å². The third-order valence-corrected chi connectivity index (χ3v) is 11.3. The number of aromatic nitrogens is 4. The van der Waals surface area contributed by atoms with Gasteiger partial charge in [0.05, 0.1) is 33.1 Å². The standard InChI is InChI=1S/C51H36N4/c1-33-30-42(51-52-45-21-11-14-24-50(45)55(51)37-17-7-4-8-18-37)34(2)29-41(33)35-25-27-48-43(31-35)44-32-38(26-28-49(44)53(48)36-15-5-3-6-16-36)54-46-22-12-9-19-39(46)40-20-10-13-23-47(40)54/h3-32H,1-2H3. The Morgan fingerprint density at radius 3 is 1.53 bits per heavy atom. The van der Waals surface area contributed by atoms with Gasteiger partial charge in [0.15, 0.2) is 0 Å². The van der Waals surface area contributed by atoms with Crippen LogP contribution in [0.5, 0.6) is 0 Å². The van der Waals surface area contributed by atoms with Gasteiger partial charge in [0.2, 0.25) is 0 Å². The number of imidazole rings is 1. The molecule has 0 N–H and O–H groups in total. The van der Waals surface area contributed by atoms with E-state index in [2.05, 4.69) is 210 Å². The Bertz CT molecular complexity index is 3220. The zero-order valence-corrected chi connectivity index (χ0v) is 30.6. The molecule has 4 heteroatoms. The Balaban J connectivity index is 1.11. The van der Waals surface area contributed by atoms with Crippen LogP contribution in [-0.2, 0) is 0 Å². The zero-order valence-electron chi connectivity index (χ0n) is 30.6. The van der Waals surface area contributed by atoms with Gasteiger partial charge in [-0.15, -0.1) is 0 Å². The van der Waals surface area contributed by atoms with Crippen molar-refractivity contribution in [1.29, 1.82) is 0 Å². The topological polar surface area (TPSA) is 27.7 Å². The lowest BCUT2D eigenvalue weighted by Crippen LogP contribution is -1.99. The normalized spacial score (nSPS) is 11.8. The quantitative estimate of drug-likeness (QED) is 0.175. The molecule has 0 fully saturated rings. The van der Waals surface area contributed by atoms with E-state index in [4.69, 9.17) is 4.98 Å². The highest BCUT2D eigenvalue weighted by Crippen LogP contribution is 2.40. The van der Waals surface area contributed by atoms with Gasteiger partial charge in [-0.1, -0.05) is 97.1 Å². The third kappa shape index (κ3) is 4.81. The average Bonchev–Trinajstić information content (AvgIpc) is 3.89. The van der Waals surface area contributed by atoms with Crippen molar-refractivity contribution in [3.63, 3.8) is 0 Å². The second-order valence-electron chi connectivity index (χ2n) is 14.6. The van der Waals surface area contributed by atoms with Gasteiger partial charge in [-0.3, -0.25) is 4.57 Å². The summed E-state index contributed by atoms with van der Waals surface area (Å²) in [6.07, 6.45) is 0. The second kappa shape index (κ2) is 12.2. The molecule has 0 atom stereocenters. The van der Waals surface area contributed by atoms with Gasteiger partial charge in [0.1, 0.15) is 5.82 Å². The molecule has 0 saturated heterocycles. The van der Waals surface area contributed by atoms with E-state index in [-0.39, 0.29) is 0 Å². The van der Waals surface area contributed by atoms with E-state index in [9.17, 15) is 0 Å². The summed E-state index contributed by atoms with van der Waals surface area (Å²) < 4.78 is 7.10. The van der Waals surface area contributed by atoms with Crippen LogP contribution in [0.1, 0.15) is 11.1 Å². The third-order valence-electron chi connectivity index (χ3n) is 11.3. The van der Waals surface area contributed by atoms with E-state index in [1.165, 1.54) is 65.9 Å². The number of fused-ring (bicyclic) bond motifs is 7. The minimum atomic E-state index is 0.957. The molecule has 55 heavy (non-hydrogen) atoms. The number of hydrogen-bond donors (Lipinski definition) is 0. The lowest BCUT2D eigenvalue weighted by atomic mass is 9.93. The molecule has 0 unspecified atom stereocenters. The summed E-state index contributed by atoms with van der Waals surface area (Å²) in [6.45, 7) is 4.44. The van der Waals surface area contributed by atoms with Crippen LogP contribution < -0.4 is 0 Å². The summed E-state index contributed by atoms with van der Waals surface area (Å²) in [5, 5.41) is 4.98. The van der Waals surface area contributed by atoms with Crippen molar-refractivity contribution in [2.24, 2.45) is 0 Å². The van der Waals surface area contributed by atoms with E-state index < -0.39 is 0 Å². The monoisotopic (exact) mass is 704 g/mol. The van der Waals surface area contributed by atoms with Crippen LogP contribution in [0.4, 0.5) is 0 Å². The number of aryl methyl sites for hydroxylation is 2. The smallest absolute Gasteiger partial charge is 0.146 e. The van der Waals surface area contributed by atoms with Crippen LogP contribution in [0.2, 0.25) is 0 Å². The lowest BCUT2D eigenvalue weighted by molar-refractivity contribution is 1.10. The van der Waals surface area contributed by atoms with Crippen molar-refractivity contribution in [1.82, 2.24) is 18.7 Å². The highest BCUT2D eigenvalue weighted by Gasteiger charge is 2.20. The van der Waals surface area contributed by atoms with Crippen molar-refractivity contribution in [2.75, 3.05) is 0 Å². The Kier molecular flexibility index (Phi) is 6.95. The highest BCUT2D eigenvalue weighted by molar-refractivity contribution is 6.13. The van der Waals surface area contributed by atoms with E-state index in [1.54, 1.807) is 0 Å². The van der Waals surface area contributed by atoms with Gasteiger partial charge in [0, 0.05) is 44.2 Å². The zero-order chi connectivity index (χ0) is 36.6. The van der Waals surface area contributed by atoms with E-state index in [0.29, 0.717) is 0 Å². The summed E-state index contributed by atoms with van der Waals surface area (Å²) in [7, 11) is 0. The Morgan fingerprint density at radius 1 is 0.345 bits per heavy atom. The second-order valence-corrected chi connectivity index (χ2v) is 14.6. The summed E-state index contributed by atoms with van der Waals surface area (Å²) in [5.74, 6) is 0.957. The molecule has 4 nitrogen and oxygen atoms in total.